The molecule has 0 aliphatic carbocycles. The second-order valence-electron chi connectivity index (χ2n) is 6.25. The molecule has 0 radical (unpaired) electrons. The zero-order valence-electron chi connectivity index (χ0n) is 13.3. The van der Waals surface area contributed by atoms with Gasteiger partial charge in [-0.3, -0.25) is 9.69 Å². The maximum absolute atomic E-state index is 12.5. The molecular formula is C17H19N3O3. The second kappa shape index (κ2) is 5.09. The lowest BCUT2D eigenvalue weighted by Crippen LogP contribution is -2.45. The molecule has 2 fully saturated rings. The Morgan fingerprint density at radius 1 is 1.30 bits per heavy atom. The van der Waals surface area contributed by atoms with E-state index in [2.05, 4.69) is 18.0 Å². The molecule has 1 atom stereocenters. The smallest absolute Gasteiger partial charge is 0.327 e. The summed E-state index contributed by atoms with van der Waals surface area (Å²) in [5.74, 6) is -0.156. The number of carbonyl (C=O) groups is 2. The first kappa shape index (κ1) is 14.3. The molecular weight excluding hydrogens is 294 g/mol. The van der Waals surface area contributed by atoms with E-state index in [1.165, 1.54) is 10.5 Å². The van der Waals surface area contributed by atoms with Crippen LogP contribution in [-0.2, 0) is 16.1 Å². The van der Waals surface area contributed by atoms with E-state index in [1.807, 2.05) is 19.1 Å². The number of hydrogen-bond acceptors (Lipinski definition) is 3. The first-order valence-corrected chi connectivity index (χ1v) is 7.84. The molecule has 2 aliphatic heterocycles. The number of ether oxygens (including phenoxy) is 1. The highest BCUT2D eigenvalue weighted by molar-refractivity contribution is 6.04. The van der Waals surface area contributed by atoms with Crippen LogP contribution in [0, 0.1) is 13.8 Å². The Hall–Kier alpha value is -2.34. The van der Waals surface area contributed by atoms with Crippen molar-refractivity contribution in [2.45, 2.75) is 26.4 Å². The van der Waals surface area contributed by atoms with Crippen molar-refractivity contribution in [1.82, 2.24) is 14.8 Å². The van der Waals surface area contributed by atoms with Gasteiger partial charge in [0, 0.05) is 23.1 Å². The third-order valence-corrected chi connectivity index (χ3v) is 4.87. The molecule has 120 valence electrons. The molecule has 1 N–H and O–H groups in total. The Balaban J connectivity index is 1.63. The Bertz CT molecular complexity index is 787. The Labute approximate surface area is 134 Å². The first-order chi connectivity index (χ1) is 11.1. The number of H-pyrrole nitrogens is 1. The number of aromatic nitrogens is 1. The third-order valence-electron chi connectivity index (χ3n) is 4.87. The fraction of sp³-hybridized carbons (Fsp3) is 0.412. The van der Waals surface area contributed by atoms with Gasteiger partial charge >= 0.3 is 6.03 Å². The maximum Gasteiger partial charge on any atom is 0.327 e. The van der Waals surface area contributed by atoms with Crippen molar-refractivity contribution >= 4 is 22.8 Å². The van der Waals surface area contributed by atoms with Gasteiger partial charge in [-0.1, -0.05) is 6.07 Å². The van der Waals surface area contributed by atoms with Crippen molar-refractivity contribution in [3.63, 3.8) is 0 Å². The van der Waals surface area contributed by atoms with E-state index in [4.69, 9.17) is 4.74 Å². The highest BCUT2D eigenvalue weighted by Crippen LogP contribution is 2.26. The number of aromatic amines is 1. The molecule has 1 aromatic heterocycles. The number of hydrogen-bond donors (Lipinski definition) is 1. The standard InChI is InChI=1S/C17H19N3O3/c1-10-11(2)18-14-4-3-12(7-13(10)14)8-20-16(21)15-9-23-6-5-19(15)17(20)22/h3-4,7,15,18H,5-6,8-9H2,1-2H3. The highest BCUT2D eigenvalue weighted by Gasteiger charge is 2.46. The molecule has 0 spiro atoms. The van der Waals surface area contributed by atoms with Crippen molar-refractivity contribution in [2.75, 3.05) is 19.8 Å². The minimum atomic E-state index is -0.448. The lowest BCUT2D eigenvalue weighted by molar-refractivity contribution is -0.131. The van der Waals surface area contributed by atoms with E-state index in [-0.39, 0.29) is 11.9 Å². The molecule has 3 heterocycles. The summed E-state index contributed by atoms with van der Waals surface area (Å²) >= 11 is 0. The van der Waals surface area contributed by atoms with Crippen molar-refractivity contribution in [3.8, 4) is 0 Å². The largest absolute Gasteiger partial charge is 0.377 e. The number of nitrogens with zero attached hydrogens (tertiary/aromatic N) is 2. The van der Waals surface area contributed by atoms with Gasteiger partial charge in [-0.2, -0.15) is 0 Å². The number of aryl methyl sites for hydroxylation is 2. The quantitative estimate of drug-likeness (QED) is 0.862. The van der Waals surface area contributed by atoms with Crippen LogP contribution in [0.2, 0.25) is 0 Å². The number of nitrogens with one attached hydrogen (secondary N) is 1. The van der Waals surface area contributed by atoms with E-state index in [0.29, 0.717) is 26.3 Å². The maximum atomic E-state index is 12.5. The summed E-state index contributed by atoms with van der Waals surface area (Å²) < 4.78 is 5.33. The van der Waals surface area contributed by atoms with Crippen molar-refractivity contribution in [1.29, 1.82) is 0 Å². The number of morpholine rings is 1. The summed E-state index contributed by atoms with van der Waals surface area (Å²) in [6, 6.07) is 5.38. The molecule has 2 aliphatic rings. The van der Waals surface area contributed by atoms with Gasteiger partial charge in [-0.05, 0) is 37.1 Å². The molecule has 1 unspecified atom stereocenters. The molecule has 23 heavy (non-hydrogen) atoms. The number of imide groups is 1. The summed E-state index contributed by atoms with van der Waals surface area (Å²) in [6.45, 7) is 5.71. The van der Waals surface area contributed by atoms with Gasteiger partial charge in [0.1, 0.15) is 6.04 Å². The number of carbonyl (C=O) groups excluding carboxylic acids is 2. The molecule has 0 saturated carbocycles. The van der Waals surface area contributed by atoms with Crippen LogP contribution in [0.15, 0.2) is 18.2 Å². The van der Waals surface area contributed by atoms with E-state index in [9.17, 15) is 9.59 Å². The first-order valence-electron chi connectivity index (χ1n) is 7.84. The molecule has 2 saturated heterocycles. The SMILES string of the molecule is Cc1[nH]c2ccc(CN3C(=O)C4COCCN4C3=O)cc2c1C. The molecule has 3 amide bonds. The molecule has 2 aromatic rings. The number of rotatable bonds is 2. The van der Waals surface area contributed by atoms with Gasteiger partial charge in [-0.15, -0.1) is 0 Å². The van der Waals surface area contributed by atoms with Crippen LogP contribution in [0.25, 0.3) is 10.9 Å². The summed E-state index contributed by atoms with van der Waals surface area (Å²) in [5.41, 5.74) is 4.38. The van der Waals surface area contributed by atoms with E-state index < -0.39 is 6.04 Å². The number of fused-ring (bicyclic) bond motifs is 2. The molecule has 6 heteroatoms. The Kier molecular flexibility index (Phi) is 3.16. The van der Waals surface area contributed by atoms with Crippen LogP contribution < -0.4 is 0 Å². The summed E-state index contributed by atoms with van der Waals surface area (Å²) in [7, 11) is 0. The van der Waals surface area contributed by atoms with Crippen LogP contribution in [0.4, 0.5) is 4.79 Å². The zero-order chi connectivity index (χ0) is 16.1. The van der Waals surface area contributed by atoms with Crippen LogP contribution in [0.5, 0.6) is 0 Å². The normalized spacial score (nSPS) is 21.4. The number of amides is 3. The molecule has 4 rings (SSSR count). The average molecular weight is 313 g/mol. The van der Waals surface area contributed by atoms with Gasteiger partial charge in [0.05, 0.1) is 19.8 Å². The minimum absolute atomic E-state index is 0.156. The number of urea groups is 1. The fourth-order valence-electron chi connectivity index (χ4n) is 3.40. The second-order valence-corrected chi connectivity index (χ2v) is 6.25. The van der Waals surface area contributed by atoms with Crippen LogP contribution in [0.1, 0.15) is 16.8 Å². The van der Waals surface area contributed by atoms with Gasteiger partial charge in [0.25, 0.3) is 5.91 Å². The molecule has 6 nitrogen and oxygen atoms in total. The predicted molar refractivity (Wildman–Crippen MR) is 85.0 cm³/mol. The summed E-state index contributed by atoms with van der Waals surface area (Å²) in [4.78, 5) is 31.2. The minimum Gasteiger partial charge on any atom is -0.377 e. The predicted octanol–water partition coefficient (Wildman–Crippen LogP) is 1.95. The Morgan fingerprint density at radius 2 is 2.13 bits per heavy atom. The summed E-state index contributed by atoms with van der Waals surface area (Å²) in [5, 5.41) is 1.14. The lowest BCUT2D eigenvalue weighted by atomic mass is 10.1. The van der Waals surface area contributed by atoms with Crippen LogP contribution >= 0.6 is 0 Å². The van der Waals surface area contributed by atoms with E-state index in [0.717, 1.165) is 22.2 Å². The van der Waals surface area contributed by atoms with Crippen molar-refractivity contribution < 1.29 is 14.3 Å². The molecule has 1 aromatic carbocycles. The molecule has 0 bridgehead atoms. The third kappa shape index (κ3) is 2.13. The van der Waals surface area contributed by atoms with Gasteiger partial charge in [-0.25, -0.2) is 4.79 Å². The zero-order valence-corrected chi connectivity index (χ0v) is 13.3. The van der Waals surface area contributed by atoms with Gasteiger partial charge < -0.3 is 14.6 Å². The summed E-state index contributed by atoms with van der Waals surface area (Å²) in [6.07, 6.45) is 0. The monoisotopic (exact) mass is 313 g/mol. The van der Waals surface area contributed by atoms with E-state index in [1.54, 1.807) is 4.90 Å². The highest BCUT2D eigenvalue weighted by atomic mass is 16.5. The number of benzene rings is 1. The van der Waals surface area contributed by atoms with Crippen molar-refractivity contribution in [2.24, 2.45) is 0 Å². The fourth-order valence-corrected chi connectivity index (χ4v) is 3.40. The lowest BCUT2D eigenvalue weighted by Gasteiger charge is -2.26. The van der Waals surface area contributed by atoms with Gasteiger partial charge in [0.2, 0.25) is 0 Å². The average Bonchev–Trinajstić information content (AvgIpc) is 2.98. The van der Waals surface area contributed by atoms with Crippen molar-refractivity contribution in [3.05, 3.63) is 35.0 Å². The van der Waals surface area contributed by atoms with Crippen LogP contribution in [0.3, 0.4) is 0 Å². The van der Waals surface area contributed by atoms with E-state index >= 15 is 0 Å². The topological polar surface area (TPSA) is 65.6 Å². The van der Waals surface area contributed by atoms with Crippen LogP contribution in [-0.4, -0.2) is 52.5 Å². The van der Waals surface area contributed by atoms with Gasteiger partial charge in [0.15, 0.2) is 0 Å². The Morgan fingerprint density at radius 3 is 2.91 bits per heavy atom.